The van der Waals surface area contributed by atoms with E-state index in [0.29, 0.717) is 3.97 Å². The average molecular weight is 217 g/mol. The lowest BCUT2D eigenvalue weighted by Crippen LogP contribution is -2.30. The van der Waals surface area contributed by atoms with Crippen molar-refractivity contribution in [3.05, 3.63) is 34.2 Å². The fourth-order valence-electron chi connectivity index (χ4n) is 0.899. The quantitative estimate of drug-likeness (QED) is 0.710. The summed E-state index contributed by atoms with van der Waals surface area (Å²) in [7, 11) is -3.75. The molecule has 1 aromatic heterocycles. The van der Waals surface area contributed by atoms with E-state index < -0.39 is 27.1 Å². The lowest BCUT2D eigenvalue weighted by Gasteiger charge is -2.02. The Morgan fingerprint density at radius 3 is 2.50 bits per heavy atom. The summed E-state index contributed by atoms with van der Waals surface area (Å²) < 4.78 is 22.4. The van der Waals surface area contributed by atoms with Crippen molar-refractivity contribution in [2.45, 2.75) is 0 Å². The van der Waals surface area contributed by atoms with Crippen molar-refractivity contribution in [2.24, 2.45) is 0 Å². The number of pyridine rings is 1. The fraction of sp³-hybridized carbons (Fsp3) is 0.143. The number of hydrogen-bond donors (Lipinski definition) is 1. The van der Waals surface area contributed by atoms with Gasteiger partial charge in [0.1, 0.15) is 5.56 Å². The molecule has 0 radical (unpaired) electrons. The molecule has 0 unspecified atom stereocenters. The van der Waals surface area contributed by atoms with Gasteiger partial charge in [-0.2, -0.15) is 0 Å². The third-order valence-electron chi connectivity index (χ3n) is 1.50. The van der Waals surface area contributed by atoms with Crippen LogP contribution in [-0.4, -0.2) is 29.7 Å². The number of nitrogens with zero attached hydrogens (tertiary/aromatic N) is 1. The predicted octanol–water partition coefficient (Wildman–Crippen LogP) is -0.646. The molecule has 6 nitrogen and oxygen atoms in total. The molecule has 7 heteroatoms. The van der Waals surface area contributed by atoms with Gasteiger partial charge in [-0.05, 0) is 12.1 Å². The first kappa shape index (κ1) is 10.5. The summed E-state index contributed by atoms with van der Waals surface area (Å²) in [4.78, 5) is 21.8. The van der Waals surface area contributed by atoms with Crippen LogP contribution in [0.5, 0.6) is 0 Å². The van der Waals surface area contributed by atoms with E-state index >= 15 is 0 Å². The molecule has 76 valence electrons. The maximum atomic E-state index is 11.3. The Morgan fingerprint density at radius 1 is 1.50 bits per heavy atom. The van der Waals surface area contributed by atoms with Crippen LogP contribution in [0.15, 0.2) is 23.1 Å². The molecular formula is C7H7NO5S. The minimum atomic E-state index is -3.75. The van der Waals surface area contributed by atoms with Crippen molar-refractivity contribution in [1.82, 2.24) is 3.97 Å². The Labute approximate surface area is 79.5 Å². The van der Waals surface area contributed by atoms with E-state index in [0.717, 1.165) is 18.5 Å². The zero-order valence-corrected chi connectivity index (χ0v) is 7.98. The van der Waals surface area contributed by atoms with Gasteiger partial charge < -0.3 is 5.11 Å². The van der Waals surface area contributed by atoms with Crippen LogP contribution in [0.4, 0.5) is 0 Å². The molecule has 0 spiro atoms. The Morgan fingerprint density at radius 2 is 2.07 bits per heavy atom. The van der Waals surface area contributed by atoms with Crippen molar-refractivity contribution < 1.29 is 18.3 Å². The summed E-state index contributed by atoms with van der Waals surface area (Å²) in [5, 5.41) is 8.55. The lowest BCUT2D eigenvalue weighted by molar-refractivity contribution is 0.0695. The van der Waals surface area contributed by atoms with Crippen molar-refractivity contribution in [1.29, 1.82) is 0 Å². The minimum Gasteiger partial charge on any atom is -0.477 e. The third-order valence-corrected chi connectivity index (χ3v) is 2.50. The van der Waals surface area contributed by atoms with Gasteiger partial charge in [0, 0.05) is 6.20 Å². The van der Waals surface area contributed by atoms with Gasteiger partial charge in [0.25, 0.3) is 5.56 Å². The van der Waals surface area contributed by atoms with E-state index in [4.69, 9.17) is 5.11 Å². The van der Waals surface area contributed by atoms with E-state index in [-0.39, 0.29) is 0 Å². The van der Waals surface area contributed by atoms with Crippen LogP contribution in [0, 0.1) is 0 Å². The summed E-state index contributed by atoms with van der Waals surface area (Å²) >= 11 is 0. The van der Waals surface area contributed by atoms with Crippen molar-refractivity contribution in [3.63, 3.8) is 0 Å². The first-order valence-corrected chi connectivity index (χ1v) is 5.34. The molecule has 0 atom stereocenters. The molecule has 0 aromatic carbocycles. The molecule has 0 saturated carbocycles. The van der Waals surface area contributed by atoms with Gasteiger partial charge in [-0.1, -0.05) is 0 Å². The van der Waals surface area contributed by atoms with Crippen LogP contribution in [0.3, 0.4) is 0 Å². The second kappa shape index (κ2) is 3.26. The topological polar surface area (TPSA) is 93.4 Å². The average Bonchev–Trinajstić information content (AvgIpc) is 2.01. The zero-order valence-electron chi connectivity index (χ0n) is 7.17. The molecule has 1 heterocycles. The lowest BCUT2D eigenvalue weighted by atomic mass is 10.3. The van der Waals surface area contributed by atoms with Gasteiger partial charge in [0.05, 0.1) is 6.26 Å². The highest BCUT2D eigenvalue weighted by Crippen LogP contribution is 1.94. The molecule has 0 bridgehead atoms. The monoisotopic (exact) mass is 217 g/mol. The molecule has 0 aliphatic carbocycles. The molecule has 1 rings (SSSR count). The van der Waals surface area contributed by atoms with Crippen molar-refractivity contribution in [3.8, 4) is 0 Å². The van der Waals surface area contributed by atoms with Crippen LogP contribution < -0.4 is 5.56 Å². The number of aromatic carboxylic acids is 1. The van der Waals surface area contributed by atoms with Gasteiger partial charge in [0.2, 0.25) is 10.0 Å². The maximum absolute atomic E-state index is 11.3. The van der Waals surface area contributed by atoms with Gasteiger partial charge in [-0.15, -0.1) is 0 Å². The van der Waals surface area contributed by atoms with E-state index in [1.807, 2.05) is 0 Å². The second-order valence-corrected chi connectivity index (χ2v) is 4.45. The number of hydrogen-bond acceptors (Lipinski definition) is 4. The van der Waals surface area contributed by atoms with E-state index in [1.165, 1.54) is 6.07 Å². The van der Waals surface area contributed by atoms with Crippen LogP contribution in [0.2, 0.25) is 0 Å². The Kier molecular flexibility index (Phi) is 2.43. The zero-order chi connectivity index (χ0) is 10.9. The molecule has 14 heavy (non-hydrogen) atoms. The number of aromatic nitrogens is 1. The largest absolute Gasteiger partial charge is 0.477 e. The number of carboxylic acids is 1. The minimum absolute atomic E-state index is 0.385. The Hall–Kier alpha value is -1.63. The van der Waals surface area contributed by atoms with Crippen molar-refractivity contribution >= 4 is 16.0 Å². The summed E-state index contributed by atoms with van der Waals surface area (Å²) in [6.45, 7) is 0. The molecule has 0 saturated heterocycles. The first-order valence-electron chi connectivity index (χ1n) is 3.49. The third kappa shape index (κ3) is 1.82. The molecule has 0 amide bonds. The normalized spacial score (nSPS) is 11.2. The maximum Gasteiger partial charge on any atom is 0.341 e. The predicted molar refractivity (Wildman–Crippen MR) is 47.9 cm³/mol. The highest BCUT2D eigenvalue weighted by molar-refractivity contribution is 7.89. The van der Waals surface area contributed by atoms with Crippen LogP contribution in [-0.2, 0) is 10.0 Å². The molecule has 0 fully saturated rings. The summed E-state index contributed by atoms with van der Waals surface area (Å²) in [5.74, 6) is -1.45. The van der Waals surface area contributed by atoms with Gasteiger partial charge >= 0.3 is 5.97 Å². The Bertz CT molecular complexity index is 527. The number of rotatable bonds is 2. The molecule has 0 aliphatic rings. The van der Waals surface area contributed by atoms with Crippen LogP contribution in [0.1, 0.15) is 10.4 Å². The van der Waals surface area contributed by atoms with Gasteiger partial charge in [-0.3, -0.25) is 4.79 Å². The molecule has 0 aliphatic heterocycles. The smallest absolute Gasteiger partial charge is 0.341 e. The van der Waals surface area contributed by atoms with Gasteiger partial charge in [-0.25, -0.2) is 17.2 Å². The molecule has 1 N–H and O–H groups in total. The van der Waals surface area contributed by atoms with Crippen LogP contribution in [0.25, 0.3) is 0 Å². The fourth-order valence-corrected chi connectivity index (χ4v) is 1.59. The Balaban J connectivity index is 3.60. The van der Waals surface area contributed by atoms with Gasteiger partial charge in [0.15, 0.2) is 0 Å². The number of carboxylic acid groups (broad SMARTS) is 1. The standard InChI is InChI=1S/C7H7NO5S/c1-14(12,13)8-4-2-3-5(6(8)9)7(10)11/h2-4H,1H3,(H,10,11). The highest BCUT2D eigenvalue weighted by Gasteiger charge is 2.14. The SMILES string of the molecule is CS(=O)(=O)n1cccc(C(=O)O)c1=O. The van der Waals surface area contributed by atoms with E-state index in [9.17, 15) is 18.0 Å². The van der Waals surface area contributed by atoms with E-state index in [1.54, 1.807) is 0 Å². The summed E-state index contributed by atoms with van der Waals surface area (Å²) in [5.41, 5.74) is -1.62. The molecular weight excluding hydrogens is 210 g/mol. The van der Waals surface area contributed by atoms with Crippen LogP contribution >= 0.6 is 0 Å². The van der Waals surface area contributed by atoms with E-state index in [2.05, 4.69) is 0 Å². The first-order chi connectivity index (χ1) is 6.34. The van der Waals surface area contributed by atoms with Crippen molar-refractivity contribution in [2.75, 3.05) is 6.26 Å². The number of carbonyl (C=O) groups is 1. The highest BCUT2D eigenvalue weighted by atomic mass is 32.2. The molecule has 1 aromatic rings. The second-order valence-electron chi connectivity index (χ2n) is 2.59. The summed E-state index contributed by atoms with van der Waals surface area (Å²) in [6.07, 6.45) is 1.82. The summed E-state index contributed by atoms with van der Waals surface area (Å²) in [6, 6.07) is 2.23.